The van der Waals surface area contributed by atoms with E-state index in [9.17, 15) is 26.4 Å². The SMILES string of the molecule is Cc1nc2cccc3n(CCCNS(=O)(=O)CC(F)(F)F)c(=O)c1n23.Cl. The topological polar surface area (TPSA) is 85.5 Å². The monoisotopic (exact) mass is 412 g/mol. The Morgan fingerprint density at radius 3 is 2.62 bits per heavy atom. The Kier molecular flexibility index (Phi) is 5.54. The number of aryl methyl sites for hydroxylation is 2. The quantitative estimate of drug-likeness (QED) is 0.624. The lowest BCUT2D eigenvalue weighted by molar-refractivity contribution is -0.106. The van der Waals surface area contributed by atoms with Crippen molar-refractivity contribution in [3.05, 3.63) is 34.2 Å². The van der Waals surface area contributed by atoms with Crippen LogP contribution in [0.3, 0.4) is 0 Å². The highest BCUT2D eigenvalue weighted by molar-refractivity contribution is 7.89. The van der Waals surface area contributed by atoms with Crippen LogP contribution in [0.2, 0.25) is 0 Å². The molecule has 7 nitrogen and oxygen atoms in total. The molecule has 0 amide bonds. The Labute approximate surface area is 152 Å². The van der Waals surface area contributed by atoms with Gasteiger partial charge in [0.25, 0.3) is 5.56 Å². The van der Waals surface area contributed by atoms with E-state index in [1.54, 1.807) is 29.5 Å². The van der Waals surface area contributed by atoms with Crippen molar-refractivity contribution >= 4 is 39.2 Å². The third-order valence-corrected chi connectivity index (χ3v) is 5.11. The standard InChI is InChI=1S/C14H15F3N4O3S.ClH/c1-9-12-13(22)20(11-5-2-4-10(19-9)21(11)12)7-3-6-18-25(23,24)8-14(15,16)17;/h2,4-5,18H,3,6-8H2,1H3;1H. The second-order valence-electron chi connectivity index (χ2n) is 5.70. The molecule has 0 saturated carbocycles. The van der Waals surface area contributed by atoms with Gasteiger partial charge in [0.05, 0.1) is 5.69 Å². The Bertz CT molecular complexity index is 1070. The Hall–Kier alpha value is -1.85. The minimum atomic E-state index is -4.79. The molecule has 0 spiro atoms. The highest BCUT2D eigenvalue weighted by Crippen LogP contribution is 2.18. The molecule has 12 heteroatoms. The molecule has 1 N–H and O–H groups in total. The molecular formula is C14H16ClF3N4O3S. The van der Waals surface area contributed by atoms with Gasteiger partial charge in [-0.2, -0.15) is 13.2 Å². The second kappa shape index (κ2) is 7.05. The van der Waals surface area contributed by atoms with Gasteiger partial charge in [0.1, 0.15) is 16.8 Å². The smallest absolute Gasteiger partial charge is 0.292 e. The van der Waals surface area contributed by atoms with Crippen LogP contribution < -0.4 is 10.3 Å². The second-order valence-corrected chi connectivity index (χ2v) is 7.51. The predicted octanol–water partition coefficient (Wildman–Crippen LogP) is 1.69. The fourth-order valence-corrected chi connectivity index (χ4v) is 3.82. The van der Waals surface area contributed by atoms with Crippen LogP contribution in [-0.2, 0) is 16.6 Å². The normalized spacial score (nSPS) is 12.8. The Morgan fingerprint density at radius 1 is 1.27 bits per heavy atom. The largest absolute Gasteiger partial charge is 0.404 e. The first-order chi connectivity index (χ1) is 11.6. The van der Waals surface area contributed by atoms with Crippen LogP contribution in [0.1, 0.15) is 12.1 Å². The third kappa shape index (κ3) is 3.94. The summed E-state index contributed by atoms with van der Waals surface area (Å²) in [6, 6.07) is 5.25. The van der Waals surface area contributed by atoms with Crippen LogP contribution in [0.5, 0.6) is 0 Å². The summed E-state index contributed by atoms with van der Waals surface area (Å²) >= 11 is 0. The van der Waals surface area contributed by atoms with E-state index in [0.29, 0.717) is 22.5 Å². The number of sulfonamides is 1. The van der Waals surface area contributed by atoms with Crippen molar-refractivity contribution in [2.45, 2.75) is 26.1 Å². The van der Waals surface area contributed by atoms with Gasteiger partial charge < -0.3 is 0 Å². The molecule has 0 atom stereocenters. The van der Waals surface area contributed by atoms with E-state index in [-0.39, 0.29) is 37.5 Å². The Balaban J connectivity index is 0.00000243. The van der Waals surface area contributed by atoms with Crippen LogP contribution in [0.4, 0.5) is 13.2 Å². The van der Waals surface area contributed by atoms with E-state index >= 15 is 0 Å². The number of nitrogens with zero attached hydrogens (tertiary/aromatic N) is 3. The van der Waals surface area contributed by atoms with E-state index < -0.39 is 22.0 Å². The summed E-state index contributed by atoms with van der Waals surface area (Å²) in [5.41, 5.74) is 2.02. The summed E-state index contributed by atoms with van der Waals surface area (Å²) in [6.45, 7) is 1.71. The van der Waals surface area contributed by atoms with Gasteiger partial charge in [-0.15, -0.1) is 12.4 Å². The number of nitrogens with one attached hydrogen (secondary N) is 1. The van der Waals surface area contributed by atoms with Crippen LogP contribution in [-0.4, -0.2) is 40.8 Å². The molecule has 0 aliphatic carbocycles. The first-order valence-electron chi connectivity index (χ1n) is 7.43. The molecule has 0 fully saturated rings. The average molecular weight is 413 g/mol. The van der Waals surface area contributed by atoms with Crippen LogP contribution in [0, 0.1) is 6.92 Å². The van der Waals surface area contributed by atoms with E-state index in [2.05, 4.69) is 4.98 Å². The molecule has 3 heterocycles. The summed E-state index contributed by atoms with van der Waals surface area (Å²) in [5, 5.41) is 0. The Morgan fingerprint density at radius 2 is 1.96 bits per heavy atom. The molecule has 3 aromatic heterocycles. The van der Waals surface area contributed by atoms with Crippen LogP contribution in [0.25, 0.3) is 16.8 Å². The van der Waals surface area contributed by atoms with Crippen molar-refractivity contribution in [2.24, 2.45) is 0 Å². The minimum absolute atomic E-state index is 0. The fourth-order valence-electron chi connectivity index (χ4n) is 2.83. The average Bonchev–Trinajstić information content (AvgIpc) is 2.94. The van der Waals surface area contributed by atoms with Crippen molar-refractivity contribution < 1.29 is 21.6 Å². The number of halogens is 4. The highest BCUT2D eigenvalue weighted by atomic mass is 35.5. The van der Waals surface area contributed by atoms with Crippen molar-refractivity contribution in [1.29, 1.82) is 0 Å². The van der Waals surface area contributed by atoms with Gasteiger partial charge in [-0.25, -0.2) is 18.1 Å². The maximum Gasteiger partial charge on any atom is 0.404 e. The van der Waals surface area contributed by atoms with E-state index in [4.69, 9.17) is 0 Å². The number of rotatable bonds is 6. The number of pyridine rings is 1. The summed E-state index contributed by atoms with van der Waals surface area (Å²) in [6.07, 6.45) is -4.61. The molecule has 0 aliphatic heterocycles. The zero-order valence-corrected chi connectivity index (χ0v) is 15.2. The van der Waals surface area contributed by atoms with Crippen molar-refractivity contribution in [3.63, 3.8) is 0 Å². The summed E-state index contributed by atoms with van der Waals surface area (Å²) in [4.78, 5) is 16.8. The lowest BCUT2D eigenvalue weighted by atomic mass is 10.4. The van der Waals surface area contributed by atoms with Crippen LogP contribution >= 0.6 is 12.4 Å². The van der Waals surface area contributed by atoms with Crippen molar-refractivity contribution in [3.8, 4) is 0 Å². The molecule has 0 bridgehead atoms. The van der Waals surface area contributed by atoms with Crippen molar-refractivity contribution in [2.75, 3.05) is 12.3 Å². The molecule has 144 valence electrons. The number of hydrogen-bond acceptors (Lipinski definition) is 4. The molecule has 3 rings (SSSR count). The zero-order valence-electron chi connectivity index (χ0n) is 13.6. The molecule has 0 aromatic carbocycles. The third-order valence-electron chi connectivity index (χ3n) is 3.76. The summed E-state index contributed by atoms with van der Waals surface area (Å²) in [5.74, 6) is -1.92. The van der Waals surface area contributed by atoms with Gasteiger partial charge in [0, 0.05) is 13.1 Å². The van der Waals surface area contributed by atoms with E-state index in [1.165, 1.54) is 4.57 Å². The maximum atomic E-state index is 12.5. The molecule has 0 saturated heterocycles. The van der Waals surface area contributed by atoms with Gasteiger partial charge in [0.15, 0.2) is 5.75 Å². The number of hydrogen-bond donors (Lipinski definition) is 1. The number of aromatic nitrogens is 3. The van der Waals surface area contributed by atoms with E-state index in [1.807, 2.05) is 4.72 Å². The lowest BCUT2D eigenvalue weighted by Crippen LogP contribution is -2.34. The highest BCUT2D eigenvalue weighted by Gasteiger charge is 2.34. The first kappa shape index (κ1) is 20.5. The first-order valence-corrected chi connectivity index (χ1v) is 9.08. The molecule has 0 unspecified atom stereocenters. The summed E-state index contributed by atoms with van der Waals surface area (Å²) in [7, 11) is -4.43. The lowest BCUT2D eigenvalue weighted by Gasteiger charge is -2.09. The van der Waals surface area contributed by atoms with E-state index in [0.717, 1.165) is 0 Å². The van der Waals surface area contributed by atoms with Gasteiger partial charge in [0.2, 0.25) is 10.0 Å². The molecular weight excluding hydrogens is 397 g/mol. The maximum absolute atomic E-state index is 12.5. The molecule has 0 aliphatic rings. The molecule has 0 radical (unpaired) electrons. The minimum Gasteiger partial charge on any atom is -0.292 e. The van der Waals surface area contributed by atoms with Crippen molar-refractivity contribution in [1.82, 2.24) is 18.7 Å². The fraction of sp³-hybridized carbons (Fsp3) is 0.429. The zero-order chi connectivity index (χ0) is 18.4. The summed E-state index contributed by atoms with van der Waals surface area (Å²) < 4.78 is 64.2. The molecule has 26 heavy (non-hydrogen) atoms. The predicted molar refractivity (Wildman–Crippen MR) is 92.6 cm³/mol. The van der Waals surface area contributed by atoms with Gasteiger partial charge in [-0.3, -0.25) is 13.8 Å². The number of alkyl halides is 3. The van der Waals surface area contributed by atoms with Gasteiger partial charge in [-0.1, -0.05) is 6.07 Å². The van der Waals surface area contributed by atoms with Gasteiger partial charge in [-0.05, 0) is 25.5 Å². The van der Waals surface area contributed by atoms with Gasteiger partial charge >= 0.3 is 6.18 Å². The van der Waals surface area contributed by atoms with Crippen LogP contribution in [0.15, 0.2) is 23.0 Å². The molecule has 3 aromatic rings. The number of imidazole rings is 2.